The molecule has 0 atom stereocenters. The molecule has 0 heterocycles. The van der Waals surface area contributed by atoms with Gasteiger partial charge in [0.25, 0.3) is 0 Å². The Kier molecular flexibility index (Phi) is 6.59. The summed E-state index contributed by atoms with van der Waals surface area (Å²) in [6.45, 7) is 8.10. The summed E-state index contributed by atoms with van der Waals surface area (Å²) in [4.78, 5) is 0. The van der Waals surface area contributed by atoms with Gasteiger partial charge in [-0.1, -0.05) is 51.1 Å². The summed E-state index contributed by atoms with van der Waals surface area (Å²) in [5, 5.41) is 3.37. The number of rotatable bonds is 9. The monoisotopic (exact) mass is 375 g/mol. The summed E-state index contributed by atoms with van der Waals surface area (Å²) in [6, 6.07) is 26.2. The second-order valence-electron chi connectivity index (χ2n) is 7.48. The zero-order chi connectivity index (χ0) is 19.8. The molecule has 0 spiro atoms. The minimum Gasteiger partial charge on any atom is -0.492 e. The van der Waals surface area contributed by atoms with Crippen LogP contribution >= 0.6 is 0 Å². The molecule has 0 radical (unpaired) electrons. The molecule has 3 aromatic rings. The highest BCUT2D eigenvalue weighted by Gasteiger charge is 2.17. The third-order valence-corrected chi connectivity index (χ3v) is 5.05. The Balaban J connectivity index is 1.43. The standard InChI is InChI=1S/C25H29NO2/c1-4-25(2,3)20-10-14-22(15-11-20)27-19-18-26-21-12-16-24(17-13-21)28-23-8-6-5-7-9-23/h5-17,26H,4,18-19H2,1-3H3. The molecule has 0 aliphatic carbocycles. The molecule has 1 N–H and O–H groups in total. The first kappa shape index (κ1) is 19.8. The first-order valence-corrected chi connectivity index (χ1v) is 9.87. The van der Waals surface area contributed by atoms with Crippen LogP contribution in [0.2, 0.25) is 0 Å². The fourth-order valence-electron chi connectivity index (χ4n) is 2.84. The quantitative estimate of drug-likeness (QED) is 0.424. The fourth-order valence-corrected chi connectivity index (χ4v) is 2.84. The number of hydrogen-bond donors (Lipinski definition) is 1. The molecule has 0 unspecified atom stereocenters. The van der Waals surface area contributed by atoms with E-state index in [9.17, 15) is 0 Å². The van der Waals surface area contributed by atoms with Crippen LogP contribution in [0.1, 0.15) is 32.8 Å². The third kappa shape index (κ3) is 5.53. The highest BCUT2D eigenvalue weighted by atomic mass is 16.5. The lowest BCUT2D eigenvalue weighted by Gasteiger charge is -2.23. The number of benzene rings is 3. The van der Waals surface area contributed by atoms with Crippen LogP contribution < -0.4 is 14.8 Å². The van der Waals surface area contributed by atoms with E-state index < -0.39 is 0 Å². The lowest BCUT2D eigenvalue weighted by atomic mass is 9.82. The summed E-state index contributed by atoms with van der Waals surface area (Å²) in [7, 11) is 0. The Bertz CT molecular complexity index is 840. The van der Waals surface area contributed by atoms with Crippen molar-refractivity contribution in [2.24, 2.45) is 0 Å². The molecule has 28 heavy (non-hydrogen) atoms. The van der Waals surface area contributed by atoms with E-state index in [0.29, 0.717) is 6.61 Å². The Labute approximate surface area is 168 Å². The van der Waals surface area contributed by atoms with Crippen LogP contribution in [0.15, 0.2) is 78.9 Å². The molecule has 3 heteroatoms. The van der Waals surface area contributed by atoms with Crippen LogP contribution in [0.3, 0.4) is 0 Å². The van der Waals surface area contributed by atoms with Crippen molar-refractivity contribution in [2.45, 2.75) is 32.6 Å². The molecule has 0 saturated heterocycles. The zero-order valence-corrected chi connectivity index (χ0v) is 16.9. The Hall–Kier alpha value is -2.94. The van der Waals surface area contributed by atoms with Crippen LogP contribution in [0.4, 0.5) is 5.69 Å². The molecule has 0 amide bonds. The lowest BCUT2D eigenvalue weighted by molar-refractivity contribution is 0.332. The van der Waals surface area contributed by atoms with E-state index >= 15 is 0 Å². The summed E-state index contributed by atoms with van der Waals surface area (Å²) in [5.74, 6) is 2.57. The molecule has 0 fully saturated rings. The Morgan fingerprint density at radius 3 is 2.00 bits per heavy atom. The number of nitrogens with one attached hydrogen (secondary N) is 1. The SMILES string of the molecule is CCC(C)(C)c1ccc(OCCNc2ccc(Oc3ccccc3)cc2)cc1. The largest absolute Gasteiger partial charge is 0.492 e. The normalized spacial score (nSPS) is 11.1. The number of para-hydroxylation sites is 1. The van der Waals surface area contributed by atoms with Gasteiger partial charge in [0, 0.05) is 12.2 Å². The van der Waals surface area contributed by atoms with E-state index in [1.165, 1.54) is 5.56 Å². The summed E-state index contributed by atoms with van der Waals surface area (Å²) >= 11 is 0. The number of hydrogen-bond acceptors (Lipinski definition) is 3. The zero-order valence-electron chi connectivity index (χ0n) is 16.9. The molecular formula is C25H29NO2. The second kappa shape index (κ2) is 9.32. The molecular weight excluding hydrogens is 346 g/mol. The van der Waals surface area contributed by atoms with Gasteiger partial charge < -0.3 is 14.8 Å². The van der Waals surface area contributed by atoms with Gasteiger partial charge in [0.2, 0.25) is 0 Å². The van der Waals surface area contributed by atoms with Crippen LogP contribution in [0.5, 0.6) is 17.2 Å². The maximum absolute atomic E-state index is 5.84. The van der Waals surface area contributed by atoms with E-state index in [0.717, 1.165) is 35.9 Å². The first-order chi connectivity index (χ1) is 13.6. The maximum atomic E-state index is 5.84. The van der Waals surface area contributed by atoms with Crippen LogP contribution in [0, 0.1) is 0 Å². The second-order valence-corrected chi connectivity index (χ2v) is 7.48. The van der Waals surface area contributed by atoms with E-state index in [2.05, 4.69) is 50.4 Å². The smallest absolute Gasteiger partial charge is 0.127 e. The van der Waals surface area contributed by atoms with Crippen molar-refractivity contribution in [1.82, 2.24) is 0 Å². The number of anilines is 1. The van der Waals surface area contributed by atoms with Gasteiger partial charge >= 0.3 is 0 Å². The molecule has 0 aromatic heterocycles. The molecule has 0 bridgehead atoms. The minimum atomic E-state index is 0.205. The highest BCUT2D eigenvalue weighted by Crippen LogP contribution is 2.28. The van der Waals surface area contributed by atoms with Gasteiger partial charge in [-0.3, -0.25) is 0 Å². The molecule has 3 nitrogen and oxygen atoms in total. The topological polar surface area (TPSA) is 30.5 Å². The van der Waals surface area contributed by atoms with Gasteiger partial charge in [-0.05, 0) is 65.9 Å². The predicted molar refractivity (Wildman–Crippen MR) is 117 cm³/mol. The van der Waals surface area contributed by atoms with Crippen LogP contribution in [-0.2, 0) is 5.41 Å². The maximum Gasteiger partial charge on any atom is 0.127 e. The Morgan fingerprint density at radius 2 is 1.36 bits per heavy atom. The molecule has 0 aliphatic heterocycles. The first-order valence-electron chi connectivity index (χ1n) is 9.87. The lowest BCUT2D eigenvalue weighted by Crippen LogP contribution is -2.15. The molecule has 3 rings (SSSR count). The van der Waals surface area contributed by atoms with Gasteiger partial charge in [0.05, 0.1) is 0 Å². The van der Waals surface area contributed by atoms with E-state index in [1.807, 2.05) is 54.6 Å². The van der Waals surface area contributed by atoms with Crippen molar-refractivity contribution in [1.29, 1.82) is 0 Å². The predicted octanol–water partition coefficient (Wildman–Crippen LogP) is 6.66. The molecule has 3 aromatic carbocycles. The minimum absolute atomic E-state index is 0.205. The van der Waals surface area contributed by atoms with Crippen molar-refractivity contribution >= 4 is 5.69 Å². The van der Waals surface area contributed by atoms with Crippen molar-refractivity contribution in [3.05, 3.63) is 84.4 Å². The van der Waals surface area contributed by atoms with E-state index in [-0.39, 0.29) is 5.41 Å². The summed E-state index contributed by atoms with van der Waals surface area (Å²) in [6.07, 6.45) is 1.12. The molecule has 146 valence electrons. The van der Waals surface area contributed by atoms with Crippen LogP contribution in [-0.4, -0.2) is 13.2 Å². The van der Waals surface area contributed by atoms with E-state index in [1.54, 1.807) is 0 Å². The van der Waals surface area contributed by atoms with Crippen molar-refractivity contribution in [3.8, 4) is 17.2 Å². The van der Waals surface area contributed by atoms with Gasteiger partial charge in [-0.25, -0.2) is 0 Å². The van der Waals surface area contributed by atoms with Crippen molar-refractivity contribution in [2.75, 3.05) is 18.5 Å². The number of ether oxygens (including phenoxy) is 2. The summed E-state index contributed by atoms with van der Waals surface area (Å²) in [5.41, 5.74) is 2.60. The average molecular weight is 376 g/mol. The van der Waals surface area contributed by atoms with E-state index in [4.69, 9.17) is 9.47 Å². The summed E-state index contributed by atoms with van der Waals surface area (Å²) < 4.78 is 11.7. The highest BCUT2D eigenvalue weighted by molar-refractivity contribution is 5.47. The van der Waals surface area contributed by atoms with Gasteiger partial charge in [-0.2, -0.15) is 0 Å². The van der Waals surface area contributed by atoms with Crippen LogP contribution in [0.25, 0.3) is 0 Å². The van der Waals surface area contributed by atoms with Gasteiger partial charge in [0.15, 0.2) is 0 Å². The Morgan fingerprint density at radius 1 is 0.750 bits per heavy atom. The third-order valence-electron chi connectivity index (χ3n) is 5.05. The van der Waals surface area contributed by atoms with Gasteiger partial charge in [0.1, 0.15) is 23.9 Å². The molecule has 0 aliphatic rings. The fraction of sp³-hybridized carbons (Fsp3) is 0.280. The van der Waals surface area contributed by atoms with Gasteiger partial charge in [-0.15, -0.1) is 0 Å². The molecule has 0 saturated carbocycles. The average Bonchev–Trinajstić information content (AvgIpc) is 2.73. The van der Waals surface area contributed by atoms with Crippen molar-refractivity contribution < 1.29 is 9.47 Å². The van der Waals surface area contributed by atoms with Crippen molar-refractivity contribution in [3.63, 3.8) is 0 Å².